The molecular weight excluding hydrogens is 430 g/mol. The van der Waals surface area contributed by atoms with Crippen molar-refractivity contribution in [1.29, 1.82) is 0 Å². The number of hydrogen-bond acceptors (Lipinski definition) is 2. The van der Waals surface area contributed by atoms with Crippen LogP contribution in [0.25, 0.3) is 11.1 Å². The van der Waals surface area contributed by atoms with Gasteiger partial charge in [-0.15, -0.1) is 0 Å². The summed E-state index contributed by atoms with van der Waals surface area (Å²) in [4.78, 5) is 0. The number of hydrogen-bond donors (Lipinski definition) is 2. The van der Waals surface area contributed by atoms with Gasteiger partial charge in [-0.2, -0.15) is 26.3 Å². The highest BCUT2D eigenvalue weighted by Gasteiger charge is 2.30. The van der Waals surface area contributed by atoms with Crippen LogP contribution in [0.15, 0.2) is 60.7 Å². The van der Waals surface area contributed by atoms with E-state index < -0.39 is 23.5 Å². The topological polar surface area (TPSA) is 24.1 Å². The van der Waals surface area contributed by atoms with E-state index in [1.807, 2.05) is 12.2 Å². The molecule has 2 aliphatic heterocycles. The summed E-state index contributed by atoms with van der Waals surface area (Å²) >= 11 is 0. The van der Waals surface area contributed by atoms with Crippen molar-refractivity contribution in [1.82, 2.24) is 10.6 Å². The minimum atomic E-state index is -4.25. The number of benzene rings is 2. The molecule has 0 atom stereocenters. The second kappa shape index (κ2) is 10.4. The van der Waals surface area contributed by atoms with E-state index in [4.69, 9.17) is 0 Å². The fourth-order valence-electron chi connectivity index (χ4n) is 3.52. The molecule has 32 heavy (non-hydrogen) atoms. The van der Waals surface area contributed by atoms with Gasteiger partial charge < -0.3 is 10.6 Å². The van der Waals surface area contributed by atoms with Gasteiger partial charge in [0.2, 0.25) is 0 Å². The molecule has 172 valence electrons. The zero-order valence-corrected chi connectivity index (χ0v) is 17.3. The molecule has 2 aromatic carbocycles. The van der Waals surface area contributed by atoms with E-state index in [-0.39, 0.29) is 0 Å². The SMILES string of the molecule is FC(F)(F)c1ccc(C2=CCNCC2)cc1.FC(F)(F)c1ccc(C2=CCNCC2)cc1. The van der Waals surface area contributed by atoms with Crippen LogP contribution in [0.2, 0.25) is 0 Å². The lowest BCUT2D eigenvalue weighted by atomic mass is 9.99. The summed E-state index contributed by atoms with van der Waals surface area (Å²) in [5.41, 5.74) is 2.82. The van der Waals surface area contributed by atoms with Gasteiger partial charge in [0.1, 0.15) is 0 Å². The second-order valence-electron chi connectivity index (χ2n) is 7.52. The molecule has 0 aromatic heterocycles. The van der Waals surface area contributed by atoms with Gasteiger partial charge in [0.15, 0.2) is 0 Å². The summed E-state index contributed by atoms with van der Waals surface area (Å²) in [6, 6.07) is 10.7. The first kappa shape index (κ1) is 24.1. The monoisotopic (exact) mass is 454 g/mol. The maximum atomic E-state index is 12.3. The summed E-state index contributed by atoms with van der Waals surface area (Å²) in [6.45, 7) is 3.34. The van der Waals surface area contributed by atoms with E-state index in [1.165, 1.54) is 0 Å². The summed E-state index contributed by atoms with van der Waals surface area (Å²) < 4.78 is 74.0. The first-order chi connectivity index (χ1) is 15.1. The molecule has 0 saturated carbocycles. The van der Waals surface area contributed by atoms with Crippen molar-refractivity contribution in [3.8, 4) is 0 Å². The molecule has 8 heteroatoms. The summed E-state index contributed by atoms with van der Waals surface area (Å²) in [5, 5.41) is 6.33. The van der Waals surface area contributed by atoms with Crippen LogP contribution in [0.5, 0.6) is 0 Å². The Bertz CT molecular complexity index is 859. The van der Waals surface area contributed by atoms with Gasteiger partial charge >= 0.3 is 12.4 Å². The van der Waals surface area contributed by atoms with E-state index in [2.05, 4.69) is 10.6 Å². The Hall–Kier alpha value is -2.58. The van der Waals surface area contributed by atoms with Crippen LogP contribution in [-0.2, 0) is 12.4 Å². The summed E-state index contributed by atoms with van der Waals surface area (Å²) in [5.74, 6) is 0. The van der Waals surface area contributed by atoms with Gasteiger partial charge in [-0.05, 0) is 72.5 Å². The lowest BCUT2D eigenvalue weighted by Gasteiger charge is -2.15. The number of halogens is 6. The van der Waals surface area contributed by atoms with Gasteiger partial charge in [0.05, 0.1) is 11.1 Å². The Balaban J connectivity index is 0.000000181. The first-order valence-corrected chi connectivity index (χ1v) is 10.3. The smallest absolute Gasteiger partial charge is 0.313 e. The normalized spacial score (nSPS) is 17.1. The molecule has 0 radical (unpaired) electrons. The summed E-state index contributed by atoms with van der Waals surface area (Å²) in [7, 11) is 0. The predicted molar refractivity (Wildman–Crippen MR) is 114 cm³/mol. The molecule has 2 nitrogen and oxygen atoms in total. The van der Waals surface area contributed by atoms with Crippen LogP contribution in [-0.4, -0.2) is 26.2 Å². The molecule has 0 bridgehead atoms. The van der Waals surface area contributed by atoms with Gasteiger partial charge in [0, 0.05) is 13.1 Å². The summed E-state index contributed by atoms with van der Waals surface area (Å²) in [6.07, 6.45) is -2.73. The zero-order chi connectivity index (χ0) is 23.2. The lowest BCUT2D eigenvalue weighted by molar-refractivity contribution is -0.138. The van der Waals surface area contributed by atoms with Crippen molar-refractivity contribution in [2.24, 2.45) is 0 Å². The molecule has 0 amide bonds. The molecule has 0 unspecified atom stereocenters. The lowest BCUT2D eigenvalue weighted by Crippen LogP contribution is -2.20. The Labute approximate surface area is 183 Å². The van der Waals surface area contributed by atoms with Gasteiger partial charge in [-0.1, -0.05) is 36.4 Å². The van der Waals surface area contributed by atoms with Crippen molar-refractivity contribution in [3.05, 3.63) is 82.9 Å². The third-order valence-corrected chi connectivity index (χ3v) is 5.29. The molecule has 0 spiro atoms. The Morgan fingerprint density at radius 3 is 1.12 bits per heavy atom. The van der Waals surface area contributed by atoms with Crippen LogP contribution >= 0.6 is 0 Å². The van der Waals surface area contributed by atoms with E-state index in [9.17, 15) is 26.3 Å². The van der Waals surface area contributed by atoms with Crippen LogP contribution in [0.4, 0.5) is 26.3 Å². The first-order valence-electron chi connectivity index (χ1n) is 10.3. The fraction of sp³-hybridized carbons (Fsp3) is 0.333. The third-order valence-electron chi connectivity index (χ3n) is 5.29. The van der Waals surface area contributed by atoms with Gasteiger partial charge in [-0.3, -0.25) is 0 Å². The van der Waals surface area contributed by atoms with Crippen molar-refractivity contribution < 1.29 is 26.3 Å². The number of nitrogens with one attached hydrogen (secondary N) is 2. The highest BCUT2D eigenvalue weighted by atomic mass is 19.4. The highest BCUT2D eigenvalue weighted by molar-refractivity contribution is 5.67. The molecule has 4 rings (SSSR count). The van der Waals surface area contributed by atoms with Gasteiger partial charge in [-0.25, -0.2) is 0 Å². The Morgan fingerprint density at radius 2 is 0.875 bits per heavy atom. The maximum Gasteiger partial charge on any atom is 0.416 e. The minimum absolute atomic E-state index is 0.592. The molecule has 0 saturated heterocycles. The third kappa shape index (κ3) is 6.71. The average molecular weight is 454 g/mol. The van der Waals surface area contributed by atoms with Crippen LogP contribution in [0.3, 0.4) is 0 Å². The highest BCUT2D eigenvalue weighted by Crippen LogP contribution is 2.31. The number of alkyl halides is 6. The fourth-order valence-corrected chi connectivity index (χ4v) is 3.52. The molecule has 0 fully saturated rings. The molecule has 0 aliphatic carbocycles. The molecular formula is C24H24F6N2. The van der Waals surface area contributed by atoms with E-state index in [0.29, 0.717) is 0 Å². The van der Waals surface area contributed by atoms with Crippen LogP contribution in [0.1, 0.15) is 35.1 Å². The quantitative estimate of drug-likeness (QED) is 0.531. The molecule has 2 N–H and O–H groups in total. The van der Waals surface area contributed by atoms with E-state index >= 15 is 0 Å². The van der Waals surface area contributed by atoms with Crippen molar-refractivity contribution >= 4 is 11.1 Å². The molecule has 2 aliphatic rings. The van der Waals surface area contributed by atoms with Crippen molar-refractivity contribution in [3.63, 3.8) is 0 Å². The standard InChI is InChI=1S/2C12H12F3N/c2*13-12(14,15)11-3-1-9(2-4-11)10-5-7-16-8-6-10/h2*1-5,16H,6-8H2. The van der Waals surface area contributed by atoms with E-state index in [1.54, 1.807) is 24.3 Å². The van der Waals surface area contributed by atoms with Gasteiger partial charge in [0.25, 0.3) is 0 Å². The van der Waals surface area contributed by atoms with Crippen LogP contribution < -0.4 is 10.6 Å². The predicted octanol–water partition coefficient (Wildman–Crippen LogP) is 6.16. The van der Waals surface area contributed by atoms with Crippen molar-refractivity contribution in [2.75, 3.05) is 26.2 Å². The van der Waals surface area contributed by atoms with E-state index in [0.717, 1.165) is 85.6 Å². The number of rotatable bonds is 2. The molecule has 2 heterocycles. The second-order valence-corrected chi connectivity index (χ2v) is 7.52. The Morgan fingerprint density at radius 1 is 0.531 bits per heavy atom. The molecule has 2 aromatic rings. The van der Waals surface area contributed by atoms with Crippen molar-refractivity contribution in [2.45, 2.75) is 25.2 Å². The zero-order valence-electron chi connectivity index (χ0n) is 17.3. The minimum Gasteiger partial charge on any atom is -0.313 e. The van der Waals surface area contributed by atoms with Crippen LogP contribution in [0, 0.1) is 0 Å². The largest absolute Gasteiger partial charge is 0.416 e. The maximum absolute atomic E-state index is 12.3. The Kier molecular flexibility index (Phi) is 7.79. The average Bonchev–Trinajstić information content (AvgIpc) is 2.80.